The Bertz CT molecular complexity index is 1290. The van der Waals surface area contributed by atoms with Gasteiger partial charge < -0.3 is 26.7 Å². The maximum absolute atomic E-state index is 14.0. The molecule has 2 rings (SSSR count). The number of alkyl halides is 2. The molecule has 210 valence electrons. The largest absolute Gasteiger partial charge is 0.441 e. The molecule has 0 saturated heterocycles. The summed E-state index contributed by atoms with van der Waals surface area (Å²) in [5, 5.41) is 15.9. The van der Waals surface area contributed by atoms with Gasteiger partial charge in [-0.3, -0.25) is 14.9 Å². The van der Waals surface area contributed by atoms with Gasteiger partial charge in [0, 0.05) is 11.4 Å². The van der Waals surface area contributed by atoms with Gasteiger partial charge in [0.05, 0.1) is 0 Å². The van der Waals surface area contributed by atoms with Crippen LogP contribution in [0, 0.1) is 18.8 Å². The zero-order valence-electron chi connectivity index (χ0n) is 22.3. The van der Waals surface area contributed by atoms with Crippen LogP contribution < -0.4 is 22.1 Å². The summed E-state index contributed by atoms with van der Waals surface area (Å²) in [5.74, 6) is -9.48. The van der Waals surface area contributed by atoms with E-state index < -0.39 is 47.5 Å². The number of amidine groups is 1. The summed E-state index contributed by atoms with van der Waals surface area (Å²) < 4.78 is 33.4. The number of oxime groups is 1. The summed E-state index contributed by atoms with van der Waals surface area (Å²) in [5.41, 5.74) is 13.1. The van der Waals surface area contributed by atoms with E-state index in [-0.39, 0.29) is 22.7 Å². The van der Waals surface area contributed by atoms with Crippen LogP contribution in [0.3, 0.4) is 0 Å². The van der Waals surface area contributed by atoms with Crippen LogP contribution in [-0.2, 0) is 14.3 Å². The number of aryl methyl sites for hydroxylation is 1. The molecule has 1 fully saturated rings. The highest BCUT2D eigenvalue weighted by Crippen LogP contribution is 2.55. The number of nitrogens with two attached hydrogens (primary N) is 2. The van der Waals surface area contributed by atoms with Crippen molar-refractivity contribution in [1.82, 2.24) is 10.6 Å². The molecule has 1 aromatic rings. The van der Waals surface area contributed by atoms with Crippen LogP contribution in [-0.4, -0.2) is 34.7 Å². The summed E-state index contributed by atoms with van der Waals surface area (Å²) >= 11 is 0. The van der Waals surface area contributed by atoms with E-state index in [1.807, 2.05) is 31.2 Å². The zero-order valence-corrected chi connectivity index (χ0v) is 22.3. The number of alkyl carbamates (subject to hydrolysis) is 1. The zero-order chi connectivity index (χ0) is 29.7. The fraction of sp³-hybridized carbons (Fsp3) is 0.333. The third kappa shape index (κ3) is 7.30. The van der Waals surface area contributed by atoms with Crippen LogP contribution in [0.1, 0.15) is 44.9 Å². The van der Waals surface area contributed by atoms with E-state index in [9.17, 15) is 23.2 Å². The number of allylic oxidation sites excluding steroid dienone is 5. The SMILES string of the molecule is C=C(C)/C(=C\C=C(/C)C(=O)/C(NC(=O)OC(C)c1ccccc1C)=C(/C)N)NC(=O)C1C(/C(N)=N/O)C1(F)F. The Kier molecular flexibility index (Phi) is 9.76. The minimum atomic E-state index is -3.47. The number of nitrogens with zero attached hydrogens (tertiary/aromatic N) is 1. The van der Waals surface area contributed by atoms with E-state index in [1.54, 1.807) is 6.92 Å². The summed E-state index contributed by atoms with van der Waals surface area (Å²) in [6.45, 7) is 11.7. The lowest BCUT2D eigenvalue weighted by molar-refractivity contribution is -0.123. The smallest absolute Gasteiger partial charge is 0.412 e. The quantitative estimate of drug-likeness (QED) is 0.0746. The Labute approximate surface area is 225 Å². The number of amides is 2. The van der Waals surface area contributed by atoms with Crippen LogP contribution in [0.15, 0.2) is 76.4 Å². The van der Waals surface area contributed by atoms with Gasteiger partial charge in [0.1, 0.15) is 29.5 Å². The number of nitrogens with one attached hydrogen (secondary N) is 2. The van der Waals surface area contributed by atoms with Crippen LogP contribution in [0.5, 0.6) is 0 Å². The summed E-state index contributed by atoms with van der Waals surface area (Å²) in [6, 6.07) is 7.37. The van der Waals surface area contributed by atoms with Gasteiger partial charge in [-0.05, 0) is 63.0 Å². The van der Waals surface area contributed by atoms with Crippen LogP contribution >= 0.6 is 0 Å². The molecule has 3 unspecified atom stereocenters. The molecule has 0 spiro atoms. The molecule has 3 atom stereocenters. The molecule has 0 radical (unpaired) electrons. The number of ketones is 1. The molecule has 0 bridgehead atoms. The van der Waals surface area contributed by atoms with Crippen molar-refractivity contribution in [2.24, 2.45) is 28.5 Å². The van der Waals surface area contributed by atoms with Gasteiger partial charge in [-0.15, -0.1) is 0 Å². The Hall–Kier alpha value is -4.48. The van der Waals surface area contributed by atoms with Crippen molar-refractivity contribution < 1.29 is 33.1 Å². The average molecular weight is 546 g/mol. The van der Waals surface area contributed by atoms with Gasteiger partial charge in [-0.1, -0.05) is 42.1 Å². The number of rotatable bonds is 10. The Morgan fingerprint density at radius 1 is 1.13 bits per heavy atom. The number of Topliss-reactive ketones (excluding diaryl/α,β-unsaturated/α-hetero) is 1. The molecule has 39 heavy (non-hydrogen) atoms. The molecular weight excluding hydrogens is 512 g/mol. The standard InChI is InChI=1S/C27H33F2N5O5/c1-13(2)19(32-25(36)21-20(24(31)34-38)27(21,28)29)12-11-15(4)23(35)22(16(5)30)33-26(37)39-17(6)18-10-8-7-9-14(18)3/h7-12,17,20-21,38H,1,30H2,2-6H3,(H2,31,34)(H,32,36)(H,33,37)/b15-11+,19-12+,22-16+. The lowest BCUT2D eigenvalue weighted by atomic mass is 10.0. The van der Waals surface area contributed by atoms with E-state index in [1.165, 1.54) is 32.9 Å². The molecular formula is C27H33F2N5O5. The third-order valence-electron chi connectivity index (χ3n) is 6.10. The Morgan fingerprint density at radius 3 is 2.28 bits per heavy atom. The summed E-state index contributed by atoms with van der Waals surface area (Å²) in [7, 11) is 0. The van der Waals surface area contributed by atoms with E-state index in [4.69, 9.17) is 21.4 Å². The predicted molar refractivity (Wildman–Crippen MR) is 141 cm³/mol. The minimum Gasteiger partial charge on any atom is -0.441 e. The number of carbonyl (C=O) groups is 3. The molecule has 7 N–H and O–H groups in total. The maximum Gasteiger partial charge on any atom is 0.412 e. The fourth-order valence-electron chi connectivity index (χ4n) is 3.80. The van der Waals surface area contributed by atoms with E-state index in [0.717, 1.165) is 11.1 Å². The maximum atomic E-state index is 14.0. The van der Waals surface area contributed by atoms with E-state index in [2.05, 4.69) is 22.4 Å². The second kappa shape index (κ2) is 12.4. The second-order valence-corrected chi connectivity index (χ2v) is 9.27. The van der Waals surface area contributed by atoms with Crippen molar-refractivity contribution in [3.8, 4) is 0 Å². The number of hydrogen-bond donors (Lipinski definition) is 5. The first kappa shape index (κ1) is 30.7. The van der Waals surface area contributed by atoms with Crippen LogP contribution in [0.25, 0.3) is 0 Å². The van der Waals surface area contributed by atoms with Crippen LogP contribution in [0.2, 0.25) is 0 Å². The highest BCUT2D eigenvalue weighted by Gasteiger charge is 2.74. The fourth-order valence-corrected chi connectivity index (χ4v) is 3.80. The first-order chi connectivity index (χ1) is 18.1. The monoisotopic (exact) mass is 545 g/mol. The Balaban J connectivity index is 2.15. The molecule has 1 aromatic carbocycles. The van der Waals surface area contributed by atoms with Crippen molar-refractivity contribution >= 4 is 23.6 Å². The van der Waals surface area contributed by atoms with Crippen molar-refractivity contribution in [3.05, 3.63) is 82.4 Å². The van der Waals surface area contributed by atoms with Crippen molar-refractivity contribution in [2.75, 3.05) is 0 Å². The minimum absolute atomic E-state index is 0.0239. The second-order valence-electron chi connectivity index (χ2n) is 9.27. The van der Waals surface area contributed by atoms with Gasteiger partial charge in [0.25, 0.3) is 5.92 Å². The lowest BCUT2D eigenvalue weighted by Gasteiger charge is -2.17. The number of ether oxygens (including phenoxy) is 1. The van der Waals surface area contributed by atoms with E-state index in [0.29, 0.717) is 5.57 Å². The third-order valence-corrected chi connectivity index (χ3v) is 6.10. The Morgan fingerprint density at radius 2 is 1.74 bits per heavy atom. The highest BCUT2D eigenvalue weighted by atomic mass is 19.3. The van der Waals surface area contributed by atoms with Crippen molar-refractivity contribution in [3.63, 3.8) is 0 Å². The molecule has 10 nitrogen and oxygen atoms in total. The molecule has 12 heteroatoms. The highest BCUT2D eigenvalue weighted by molar-refractivity contribution is 6.09. The lowest BCUT2D eigenvalue weighted by Crippen LogP contribution is -2.31. The average Bonchev–Trinajstić information content (AvgIpc) is 3.45. The molecule has 0 aliphatic heterocycles. The summed E-state index contributed by atoms with van der Waals surface area (Å²) in [4.78, 5) is 38.0. The number of carbonyl (C=O) groups excluding carboxylic acids is 3. The molecule has 1 aliphatic carbocycles. The molecule has 1 saturated carbocycles. The number of hydrogen-bond acceptors (Lipinski definition) is 7. The van der Waals surface area contributed by atoms with Gasteiger partial charge in [0.2, 0.25) is 11.7 Å². The normalized spacial score (nSPS) is 20.3. The summed E-state index contributed by atoms with van der Waals surface area (Å²) in [6.07, 6.45) is 1.13. The van der Waals surface area contributed by atoms with Gasteiger partial charge in [0.15, 0.2) is 0 Å². The van der Waals surface area contributed by atoms with E-state index >= 15 is 0 Å². The molecule has 1 aliphatic rings. The molecule has 2 amide bonds. The van der Waals surface area contributed by atoms with Gasteiger partial charge in [-0.25, -0.2) is 13.6 Å². The number of benzene rings is 1. The van der Waals surface area contributed by atoms with Gasteiger partial charge >= 0.3 is 6.09 Å². The van der Waals surface area contributed by atoms with Crippen molar-refractivity contribution in [2.45, 2.75) is 46.6 Å². The molecule has 0 aromatic heterocycles. The predicted octanol–water partition coefficient (Wildman–Crippen LogP) is 3.69. The van der Waals surface area contributed by atoms with Crippen LogP contribution in [0.4, 0.5) is 13.6 Å². The first-order valence-corrected chi connectivity index (χ1v) is 11.9. The molecule has 0 heterocycles. The topological polar surface area (TPSA) is 169 Å². The van der Waals surface area contributed by atoms with Gasteiger partial charge in [-0.2, -0.15) is 0 Å². The number of halogens is 2. The first-order valence-electron chi connectivity index (χ1n) is 11.9. The van der Waals surface area contributed by atoms with Crippen molar-refractivity contribution in [1.29, 1.82) is 0 Å².